The molecule has 4 nitrogen and oxygen atoms in total. The fraction of sp³-hybridized carbons (Fsp3) is 0.462. The van der Waals surface area contributed by atoms with Crippen LogP contribution in [0.3, 0.4) is 0 Å². The Balaban J connectivity index is 0.00000180. The van der Waals surface area contributed by atoms with E-state index in [1.807, 2.05) is 18.2 Å². The van der Waals surface area contributed by atoms with Gasteiger partial charge in [0, 0.05) is 11.6 Å². The second kappa shape index (κ2) is 7.72. The van der Waals surface area contributed by atoms with Gasteiger partial charge in [0.2, 0.25) is 5.91 Å². The Hall–Kier alpha value is -0.780. The molecule has 1 aromatic rings. The fourth-order valence-electron chi connectivity index (χ4n) is 2.07. The first-order valence-corrected chi connectivity index (χ1v) is 6.85. The lowest BCUT2D eigenvalue weighted by Crippen LogP contribution is -2.34. The van der Waals surface area contributed by atoms with Crippen molar-refractivity contribution in [3.8, 4) is 5.75 Å². The highest BCUT2D eigenvalue weighted by Gasteiger charge is 2.20. The van der Waals surface area contributed by atoms with Gasteiger partial charge in [-0.2, -0.15) is 0 Å². The van der Waals surface area contributed by atoms with E-state index in [9.17, 15) is 4.79 Å². The van der Waals surface area contributed by atoms with Crippen LogP contribution in [0.2, 0.25) is 0 Å². The number of ether oxygens (including phenoxy) is 1. The molecule has 2 N–H and O–H groups in total. The summed E-state index contributed by atoms with van der Waals surface area (Å²) in [6.45, 7) is 1.84. The molecule has 1 amide bonds. The first kappa shape index (κ1) is 16.3. The van der Waals surface area contributed by atoms with E-state index >= 15 is 0 Å². The minimum absolute atomic E-state index is 0. The van der Waals surface area contributed by atoms with Crippen LogP contribution in [0.4, 0.5) is 5.69 Å². The number of anilines is 1. The molecule has 0 unspecified atom stereocenters. The molecular formula is C13H18BrClN2O2. The molecule has 0 bridgehead atoms. The van der Waals surface area contributed by atoms with Gasteiger partial charge in [-0.05, 0) is 60.1 Å². The van der Waals surface area contributed by atoms with Crippen LogP contribution < -0.4 is 15.4 Å². The Kier molecular flexibility index (Phi) is 6.62. The standard InChI is InChI=1S/C13H17BrN2O2.ClH/c1-18-12-3-2-10(8-11(12)14)16-13(17)9-4-6-15-7-5-9;/h2-3,8-9,15H,4-7H2,1H3,(H,16,17);1H. The van der Waals surface area contributed by atoms with Crippen molar-refractivity contribution < 1.29 is 9.53 Å². The van der Waals surface area contributed by atoms with Gasteiger partial charge in [0.05, 0.1) is 11.6 Å². The fourth-order valence-corrected chi connectivity index (χ4v) is 2.61. The van der Waals surface area contributed by atoms with Gasteiger partial charge in [-0.3, -0.25) is 4.79 Å². The zero-order valence-electron chi connectivity index (χ0n) is 10.7. The second-order valence-electron chi connectivity index (χ2n) is 4.36. The van der Waals surface area contributed by atoms with Crippen LogP contribution in [0.15, 0.2) is 22.7 Å². The molecular weight excluding hydrogens is 332 g/mol. The van der Waals surface area contributed by atoms with Crippen molar-refractivity contribution in [3.63, 3.8) is 0 Å². The van der Waals surface area contributed by atoms with E-state index in [2.05, 4.69) is 26.6 Å². The molecule has 1 fully saturated rings. The number of halogens is 2. The van der Waals surface area contributed by atoms with Crippen molar-refractivity contribution in [2.24, 2.45) is 5.92 Å². The van der Waals surface area contributed by atoms with Crippen LogP contribution in [0.5, 0.6) is 5.75 Å². The van der Waals surface area contributed by atoms with E-state index < -0.39 is 0 Å². The van der Waals surface area contributed by atoms with Crippen molar-refractivity contribution in [1.29, 1.82) is 0 Å². The Labute approximate surface area is 127 Å². The predicted molar refractivity (Wildman–Crippen MR) is 82.2 cm³/mol. The highest BCUT2D eigenvalue weighted by Crippen LogP contribution is 2.28. The van der Waals surface area contributed by atoms with Crippen LogP contribution in [0.1, 0.15) is 12.8 Å². The smallest absolute Gasteiger partial charge is 0.227 e. The quantitative estimate of drug-likeness (QED) is 0.882. The van der Waals surface area contributed by atoms with E-state index in [1.165, 1.54) is 0 Å². The van der Waals surface area contributed by atoms with Crippen LogP contribution >= 0.6 is 28.3 Å². The zero-order valence-corrected chi connectivity index (χ0v) is 13.1. The third-order valence-corrected chi connectivity index (χ3v) is 3.75. The maximum atomic E-state index is 12.0. The average Bonchev–Trinajstić information content (AvgIpc) is 2.40. The molecule has 0 aliphatic carbocycles. The van der Waals surface area contributed by atoms with Gasteiger partial charge in [-0.25, -0.2) is 0 Å². The average molecular weight is 350 g/mol. The van der Waals surface area contributed by atoms with Crippen molar-refractivity contribution in [2.45, 2.75) is 12.8 Å². The zero-order chi connectivity index (χ0) is 13.0. The number of carbonyl (C=O) groups is 1. The molecule has 1 aliphatic rings. The molecule has 106 valence electrons. The summed E-state index contributed by atoms with van der Waals surface area (Å²) < 4.78 is 5.99. The maximum absolute atomic E-state index is 12.0. The molecule has 0 spiro atoms. The number of nitrogens with one attached hydrogen (secondary N) is 2. The number of hydrogen-bond acceptors (Lipinski definition) is 3. The molecule has 0 atom stereocenters. The lowest BCUT2D eigenvalue weighted by atomic mass is 9.97. The molecule has 0 radical (unpaired) electrons. The molecule has 1 aromatic carbocycles. The molecule has 0 aromatic heterocycles. The van der Waals surface area contributed by atoms with Crippen molar-refractivity contribution in [2.75, 3.05) is 25.5 Å². The van der Waals surface area contributed by atoms with Gasteiger partial charge in [0.1, 0.15) is 5.75 Å². The number of amides is 1. The van der Waals surface area contributed by atoms with Crippen molar-refractivity contribution >= 4 is 39.9 Å². The highest BCUT2D eigenvalue weighted by atomic mass is 79.9. The lowest BCUT2D eigenvalue weighted by molar-refractivity contribution is -0.120. The van der Waals surface area contributed by atoms with Crippen molar-refractivity contribution in [1.82, 2.24) is 5.32 Å². The largest absolute Gasteiger partial charge is 0.496 e. The molecule has 1 aliphatic heterocycles. The summed E-state index contributed by atoms with van der Waals surface area (Å²) in [6, 6.07) is 5.54. The minimum atomic E-state index is 0. The van der Waals surface area contributed by atoms with Gasteiger partial charge >= 0.3 is 0 Å². The topological polar surface area (TPSA) is 50.4 Å². The van der Waals surface area contributed by atoms with Crippen LogP contribution in [-0.2, 0) is 4.79 Å². The molecule has 0 saturated carbocycles. The molecule has 1 saturated heterocycles. The SMILES string of the molecule is COc1ccc(NC(=O)C2CCNCC2)cc1Br.Cl. The van der Waals surface area contributed by atoms with E-state index in [0.29, 0.717) is 0 Å². The number of benzene rings is 1. The van der Waals surface area contributed by atoms with Gasteiger partial charge < -0.3 is 15.4 Å². The Bertz CT molecular complexity index is 437. The molecule has 1 heterocycles. The number of carbonyl (C=O) groups excluding carboxylic acids is 1. The number of methoxy groups -OCH3 is 1. The number of piperidine rings is 1. The summed E-state index contributed by atoms with van der Waals surface area (Å²) >= 11 is 3.41. The summed E-state index contributed by atoms with van der Waals surface area (Å²) in [5.41, 5.74) is 0.797. The summed E-state index contributed by atoms with van der Waals surface area (Å²) in [6.07, 6.45) is 1.81. The summed E-state index contributed by atoms with van der Waals surface area (Å²) in [5.74, 6) is 0.982. The number of hydrogen-bond donors (Lipinski definition) is 2. The van der Waals surface area contributed by atoms with Crippen molar-refractivity contribution in [3.05, 3.63) is 22.7 Å². The molecule has 2 rings (SSSR count). The first-order valence-electron chi connectivity index (χ1n) is 6.06. The Morgan fingerprint density at radius 2 is 2.11 bits per heavy atom. The van der Waals surface area contributed by atoms with Gasteiger partial charge in [0.15, 0.2) is 0 Å². The van der Waals surface area contributed by atoms with Crippen LogP contribution in [-0.4, -0.2) is 26.1 Å². The molecule has 19 heavy (non-hydrogen) atoms. The van der Waals surface area contributed by atoms with E-state index in [1.54, 1.807) is 7.11 Å². The van der Waals surface area contributed by atoms with E-state index in [-0.39, 0.29) is 24.2 Å². The van der Waals surface area contributed by atoms with E-state index in [4.69, 9.17) is 4.74 Å². The lowest BCUT2D eigenvalue weighted by Gasteiger charge is -2.21. The third kappa shape index (κ3) is 4.37. The maximum Gasteiger partial charge on any atom is 0.227 e. The number of rotatable bonds is 3. The second-order valence-corrected chi connectivity index (χ2v) is 5.22. The normalized spacial score (nSPS) is 15.5. The third-order valence-electron chi connectivity index (χ3n) is 3.13. The van der Waals surface area contributed by atoms with Gasteiger partial charge in [-0.15, -0.1) is 12.4 Å². The Morgan fingerprint density at radius 1 is 1.42 bits per heavy atom. The summed E-state index contributed by atoms with van der Waals surface area (Å²) in [5, 5.41) is 6.21. The Morgan fingerprint density at radius 3 is 2.68 bits per heavy atom. The van der Waals surface area contributed by atoms with Gasteiger partial charge in [-0.1, -0.05) is 0 Å². The first-order chi connectivity index (χ1) is 8.70. The van der Waals surface area contributed by atoms with E-state index in [0.717, 1.165) is 41.8 Å². The van der Waals surface area contributed by atoms with Crippen LogP contribution in [0.25, 0.3) is 0 Å². The summed E-state index contributed by atoms with van der Waals surface area (Å²) in [7, 11) is 1.62. The predicted octanol–water partition coefficient (Wildman–Crippen LogP) is 2.82. The monoisotopic (exact) mass is 348 g/mol. The summed E-state index contributed by atoms with van der Waals surface area (Å²) in [4.78, 5) is 12.0. The minimum Gasteiger partial charge on any atom is -0.496 e. The van der Waals surface area contributed by atoms with Gasteiger partial charge in [0.25, 0.3) is 0 Å². The highest BCUT2D eigenvalue weighted by molar-refractivity contribution is 9.10. The van der Waals surface area contributed by atoms with Crippen LogP contribution in [0, 0.1) is 5.92 Å². The molecule has 6 heteroatoms.